The molecular formula is C22H20ClFN2O4S. The minimum atomic E-state index is -3.78. The van der Waals surface area contributed by atoms with E-state index < -0.39 is 21.7 Å². The maximum absolute atomic E-state index is 13.1. The minimum Gasteiger partial charge on any atom is -0.496 e. The van der Waals surface area contributed by atoms with E-state index in [1.165, 1.54) is 62.7 Å². The van der Waals surface area contributed by atoms with Gasteiger partial charge in [0.25, 0.3) is 5.91 Å². The van der Waals surface area contributed by atoms with Crippen LogP contribution < -0.4 is 10.1 Å². The zero-order chi connectivity index (χ0) is 22.6. The molecule has 0 heterocycles. The third kappa shape index (κ3) is 5.41. The van der Waals surface area contributed by atoms with Gasteiger partial charge >= 0.3 is 0 Å². The average molecular weight is 463 g/mol. The molecule has 3 rings (SSSR count). The topological polar surface area (TPSA) is 75.7 Å². The second kappa shape index (κ2) is 9.47. The molecule has 31 heavy (non-hydrogen) atoms. The van der Waals surface area contributed by atoms with E-state index in [1.807, 2.05) is 0 Å². The van der Waals surface area contributed by atoms with Crippen LogP contribution in [0.25, 0.3) is 0 Å². The summed E-state index contributed by atoms with van der Waals surface area (Å²) in [6.07, 6.45) is 0. The molecule has 3 aromatic carbocycles. The molecule has 0 aliphatic carbocycles. The van der Waals surface area contributed by atoms with Crippen molar-refractivity contribution in [3.05, 3.63) is 88.7 Å². The van der Waals surface area contributed by atoms with Crippen LogP contribution in [0.3, 0.4) is 0 Å². The number of ether oxygens (including phenoxy) is 1. The largest absolute Gasteiger partial charge is 0.496 e. The van der Waals surface area contributed by atoms with E-state index in [9.17, 15) is 17.6 Å². The molecule has 0 fully saturated rings. The number of hydrogen-bond donors (Lipinski definition) is 1. The van der Waals surface area contributed by atoms with Crippen LogP contribution >= 0.6 is 11.6 Å². The van der Waals surface area contributed by atoms with Gasteiger partial charge in [-0.1, -0.05) is 11.6 Å². The summed E-state index contributed by atoms with van der Waals surface area (Å²) in [6, 6.07) is 16.0. The number of sulfonamides is 1. The number of rotatable bonds is 7. The molecule has 0 aliphatic rings. The molecule has 162 valence electrons. The molecule has 0 saturated carbocycles. The Labute approximate surface area is 185 Å². The molecule has 0 aliphatic heterocycles. The number of carbonyl (C=O) groups is 1. The molecule has 0 bridgehead atoms. The van der Waals surface area contributed by atoms with Crippen molar-refractivity contribution in [1.29, 1.82) is 0 Å². The van der Waals surface area contributed by atoms with Gasteiger partial charge in [-0.25, -0.2) is 12.8 Å². The molecule has 1 amide bonds. The van der Waals surface area contributed by atoms with Crippen molar-refractivity contribution in [2.24, 2.45) is 0 Å². The highest BCUT2D eigenvalue weighted by Crippen LogP contribution is 2.25. The second-order valence-electron chi connectivity index (χ2n) is 6.70. The zero-order valence-corrected chi connectivity index (χ0v) is 18.4. The zero-order valence-electron chi connectivity index (χ0n) is 16.8. The van der Waals surface area contributed by atoms with Crippen LogP contribution in [0.2, 0.25) is 5.02 Å². The fourth-order valence-corrected chi connectivity index (χ4v) is 4.17. The van der Waals surface area contributed by atoms with Crippen molar-refractivity contribution < 1.29 is 22.3 Å². The fraction of sp³-hybridized carbons (Fsp3) is 0.136. The lowest BCUT2D eigenvalue weighted by molar-refractivity contribution is 0.102. The number of amides is 1. The molecule has 0 spiro atoms. The quantitative estimate of drug-likeness (QED) is 0.558. The van der Waals surface area contributed by atoms with Crippen LogP contribution in [0.15, 0.2) is 71.6 Å². The number of hydrogen-bond acceptors (Lipinski definition) is 4. The Morgan fingerprint density at radius 1 is 1.06 bits per heavy atom. The lowest BCUT2D eigenvalue weighted by Crippen LogP contribution is -2.27. The summed E-state index contributed by atoms with van der Waals surface area (Å²) < 4.78 is 45.3. The summed E-state index contributed by atoms with van der Waals surface area (Å²) in [5.74, 6) is -0.384. The molecular weight excluding hydrogens is 443 g/mol. The van der Waals surface area contributed by atoms with Crippen LogP contribution in [0, 0.1) is 5.82 Å². The van der Waals surface area contributed by atoms with E-state index in [-0.39, 0.29) is 11.4 Å². The number of methoxy groups -OCH3 is 1. The van der Waals surface area contributed by atoms with E-state index in [0.717, 1.165) is 4.31 Å². The van der Waals surface area contributed by atoms with Gasteiger partial charge in [0.2, 0.25) is 10.0 Å². The summed E-state index contributed by atoms with van der Waals surface area (Å²) >= 11 is 5.84. The Kier molecular flexibility index (Phi) is 6.94. The van der Waals surface area contributed by atoms with Gasteiger partial charge in [-0.3, -0.25) is 4.79 Å². The Hall–Kier alpha value is -2.94. The van der Waals surface area contributed by atoms with Crippen molar-refractivity contribution in [3.8, 4) is 5.75 Å². The van der Waals surface area contributed by atoms with Gasteiger partial charge in [0, 0.05) is 35.4 Å². The first-order valence-electron chi connectivity index (χ1n) is 9.16. The Morgan fingerprint density at radius 3 is 2.32 bits per heavy atom. The highest BCUT2D eigenvalue weighted by molar-refractivity contribution is 7.89. The summed E-state index contributed by atoms with van der Waals surface area (Å²) in [4.78, 5) is 12.7. The van der Waals surface area contributed by atoms with Crippen molar-refractivity contribution in [3.63, 3.8) is 0 Å². The SMILES string of the molecule is COc1ccc(C(=O)Nc2ccc(F)cc2)cc1CN(C)S(=O)(=O)c1ccc(Cl)cc1. The monoisotopic (exact) mass is 462 g/mol. The number of halogens is 2. The first kappa shape index (κ1) is 22.7. The Morgan fingerprint density at radius 2 is 1.71 bits per heavy atom. The predicted molar refractivity (Wildman–Crippen MR) is 117 cm³/mol. The molecule has 0 aromatic heterocycles. The van der Waals surface area contributed by atoms with E-state index in [4.69, 9.17) is 16.3 Å². The molecule has 0 radical (unpaired) electrons. The van der Waals surface area contributed by atoms with Crippen LogP contribution in [0.4, 0.5) is 10.1 Å². The number of carbonyl (C=O) groups excluding carboxylic acids is 1. The molecule has 3 aromatic rings. The van der Waals surface area contributed by atoms with Gasteiger partial charge in [-0.2, -0.15) is 4.31 Å². The minimum absolute atomic E-state index is 0.0220. The van der Waals surface area contributed by atoms with Gasteiger partial charge < -0.3 is 10.1 Å². The average Bonchev–Trinajstić information content (AvgIpc) is 2.75. The van der Waals surface area contributed by atoms with Gasteiger partial charge in [0.1, 0.15) is 11.6 Å². The van der Waals surface area contributed by atoms with Crippen molar-refractivity contribution in [2.75, 3.05) is 19.5 Å². The maximum atomic E-state index is 13.1. The third-order valence-corrected chi connectivity index (χ3v) is 6.63. The van der Waals surface area contributed by atoms with Crippen molar-refractivity contribution in [1.82, 2.24) is 4.31 Å². The molecule has 6 nitrogen and oxygen atoms in total. The van der Waals surface area contributed by atoms with E-state index in [2.05, 4.69) is 5.32 Å². The number of nitrogens with one attached hydrogen (secondary N) is 1. The first-order valence-corrected chi connectivity index (χ1v) is 11.0. The predicted octanol–water partition coefficient (Wildman–Crippen LogP) is 4.56. The Balaban J connectivity index is 1.83. The number of benzene rings is 3. The smallest absolute Gasteiger partial charge is 0.255 e. The second-order valence-corrected chi connectivity index (χ2v) is 9.18. The van der Waals surface area contributed by atoms with Crippen molar-refractivity contribution >= 4 is 33.2 Å². The fourth-order valence-electron chi connectivity index (χ4n) is 2.89. The van der Waals surface area contributed by atoms with E-state index in [1.54, 1.807) is 18.2 Å². The lowest BCUT2D eigenvalue weighted by atomic mass is 10.1. The van der Waals surface area contributed by atoms with Gasteiger partial charge in [-0.05, 0) is 66.7 Å². The molecule has 0 saturated heterocycles. The summed E-state index contributed by atoms with van der Waals surface area (Å²) in [5.41, 5.74) is 1.25. The van der Waals surface area contributed by atoms with Gasteiger partial charge in [0.05, 0.1) is 12.0 Å². The maximum Gasteiger partial charge on any atom is 0.255 e. The van der Waals surface area contributed by atoms with Crippen LogP contribution in [-0.2, 0) is 16.6 Å². The van der Waals surface area contributed by atoms with Gasteiger partial charge in [-0.15, -0.1) is 0 Å². The highest BCUT2D eigenvalue weighted by atomic mass is 35.5. The summed E-state index contributed by atoms with van der Waals surface area (Å²) in [6.45, 7) is -0.0220. The third-order valence-electron chi connectivity index (χ3n) is 4.56. The number of nitrogens with zero attached hydrogens (tertiary/aromatic N) is 1. The molecule has 1 N–H and O–H groups in total. The van der Waals surface area contributed by atoms with Crippen LogP contribution in [0.5, 0.6) is 5.75 Å². The van der Waals surface area contributed by atoms with Crippen molar-refractivity contribution in [2.45, 2.75) is 11.4 Å². The standard InChI is InChI=1S/C22H20ClFN2O4S/c1-26(31(28,29)20-10-4-17(23)5-11-20)14-16-13-15(3-12-21(16)30-2)22(27)25-19-8-6-18(24)7-9-19/h3-13H,14H2,1-2H3,(H,25,27). The van der Waals surface area contributed by atoms with Crippen LogP contribution in [-0.4, -0.2) is 32.8 Å². The normalized spacial score (nSPS) is 11.4. The van der Waals surface area contributed by atoms with E-state index in [0.29, 0.717) is 27.6 Å². The highest BCUT2D eigenvalue weighted by Gasteiger charge is 2.22. The lowest BCUT2D eigenvalue weighted by Gasteiger charge is -2.19. The first-order chi connectivity index (χ1) is 14.7. The van der Waals surface area contributed by atoms with Crippen LogP contribution in [0.1, 0.15) is 15.9 Å². The number of anilines is 1. The molecule has 0 unspecified atom stereocenters. The van der Waals surface area contributed by atoms with E-state index >= 15 is 0 Å². The van der Waals surface area contributed by atoms with Gasteiger partial charge in [0.15, 0.2) is 0 Å². The molecule has 0 atom stereocenters. The summed E-state index contributed by atoms with van der Waals surface area (Å²) in [7, 11) is -0.879. The molecule has 9 heteroatoms. The Bertz CT molecular complexity index is 1180. The summed E-state index contributed by atoms with van der Waals surface area (Å²) in [5, 5.41) is 3.11.